The molecule has 1 aromatic rings. The minimum atomic E-state index is -4.48. The Morgan fingerprint density at radius 3 is 2.37 bits per heavy atom. The highest BCUT2D eigenvalue weighted by Gasteiger charge is 2.35. The summed E-state index contributed by atoms with van der Waals surface area (Å²) >= 11 is 0. The second-order valence-corrected chi connectivity index (χ2v) is 4.72. The zero-order valence-corrected chi connectivity index (χ0v) is 10.4. The molecule has 0 saturated heterocycles. The Labute approximate surface area is 109 Å². The molecule has 0 amide bonds. The highest BCUT2D eigenvalue weighted by atomic mass is 19.4. The van der Waals surface area contributed by atoms with Crippen molar-refractivity contribution < 1.29 is 18.0 Å². The molecular formula is C14H14F3NO. The van der Waals surface area contributed by atoms with E-state index in [9.17, 15) is 18.0 Å². The van der Waals surface area contributed by atoms with Crippen LogP contribution in [0, 0.1) is 5.92 Å². The fraction of sp³-hybridized carbons (Fsp3) is 0.357. The number of allylic oxidation sites excluding steroid dienone is 1. The second kappa shape index (κ2) is 4.72. The monoisotopic (exact) mass is 269 g/mol. The quantitative estimate of drug-likeness (QED) is 0.855. The topological polar surface area (TPSA) is 43.1 Å². The second-order valence-electron chi connectivity index (χ2n) is 4.72. The average molecular weight is 269 g/mol. The molecule has 1 aromatic carbocycles. The lowest BCUT2D eigenvalue weighted by Crippen LogP contribution is -2.15. The predicted octanol–water partition coefficient (Wildman–Crippen LogP) is 3.37. The summed E-state index contributed by atoms with van der Waals surface area (Å²) in [6.45, 7) is 1.49. The lowest BCUT2D eigenvalue weighted by atomic mass is 9.98. The van der Waals surface area contributed by atoms with Gasteiger partial charge in [-0.15, -0.1) is 0 Å². The molecule has 1 saturated carbocycles. The van der Waals surface area contributed by atoms with E-state index in [1.807, 2.05) is 0 Å². The van der Waals surface area contributed by atoms with Gasteiger partial charge < -0.3 is 5.73 Å². The molecule has 1 aliphatic carbocycles. The molecule has 1 aliphatic rings. The number of halogens is 3. The largest absolute Gasteiger partial charge is 0.417 e. The number of alkyl halides is 3. The lowest BCUT2D eigenvalue weighted by molar-refractivity contribution is -0.137. The number of rotatable bonds is 3. The minimum absolute atomic E-state index is 0.0587. The molecule has 0 radical (unpaired) electrons. The van der Waals surface area contributed by atoms with Gasteiger partial charge in [-0.05, 0) is 25.8 Å². The number of benzene rings is 1. The Morgan fingerprint density at radius 2 is 1.84 bits per heavy atom. The Morgan fingerprint density at radius 1 is 1.26 bits per heavy atom. The van der Waals surface area contributed by atoms with Crippen LogP contribution in [0.1, 0.15) is 30.9 Å². The van der Waals surface area contributed by atoms with Crippen molar-refractivity contribution in [2.75, 3.05) is 0 Å². The van der Waals surface area contributed by atoms with Gasteiger partial charge in [-0.3, -0.25) is 4.79 Å². The van der Waals surface area contributed by atoms with Gasteiger partial charge in [0.15, 0.2) is 5.78 Å². The summed E-state index contributed by atoms with van der Waals surface area (Å²) in [5.74, 6) is -0.203. The van der Waals surface area contributed by atoms with Gasteiger partial charge >= 0.3 is 6.18 Å². The molecule has 0 aromatic heterocycles. The normalized spacial score (nSPS) is 17.1. The number of carbonyl (C=O) groups is 1. The number of carbonyl (C=O) groups excluding carboxylic acids is 1. The van der Waals surface area contributed by atoms with E-state index in [-0.39, 0.29) is 28.5 Å². The van der Waals surface area contributed by atoms with Crippen molar-refractivity contribution in [1.29, 1.82) is 0 Å². The molecular weight excluding hydrogens is 255 g/mol. The summed E-state index contributed by atoms with van der Waals surface area (Å²) in [4.78, 5) is 11.9. The van der Waals surface area contributed by atoms with Crippen LogP contribution in [0.2, 0.25) is 0 Å². The standard InChI is InChI=1S/C14H14F3NO/c1-8(13(19)9-6-7-9)12(18)10-4-2-3-5-11(10)14(15,16)17/h2-5,9H,6-7,18H2,1H3. The molecule has 102 valence electrons. The maximum absolute atomic E-state index is 12.9. The van der Waals surface area contributed by atoms with E-state index in [4.69, 9.17) is 5.73 Å². The van der Waals surface area contributed by atoms with Gasteiger partial charge in [0.25, 0.3) is 0 Å². The molecule has 0 aliphatic heterocycles. The predicted molar refractivity (Wildman–Crippen MR) is 66.0 cm³/mol. The molecule has 0 bridgehead atoms. The Kier molecular flexibility index (Phi) is 3.39. The van der Waals surface area contributed by atoms with Crippen molar-refractivity contribution in [2.45, 2.75) is 25.9 Å². The molecule has 0 atom stereocenters. The maximum Gasteiger partial charge on any atom is 0.417 e. The van der Waals surface area contributed by atoms with Gasteiger partial charge in [0.05, 0.1) is 5.56 Å². The Hall–Kier alpha value is -1.78. The molecule has 19 heavy (non-hydrogen) atoms. The van der Waals surface area contributed by atoms with Gasteiger partial charge in [0, 0.05) is 22.8 Å². The average Bonchev–Trinajstić information content (AvgIpc) is 3.19. The van der Waals surface area contributed by atoms with Crippen LogP contribution in [0.25, 0.3) is 5.70 Å². The van der Waals surface area contributed by atoms with Crippen molar-refractivity contribution in [1.82, 2.24) is 0 Å². The molecule has 2 nitrogen and oxygen atoms in total. The molecule has 5 heteroatoms. The first kappa shape index (κ1) is 13.6. The maximum atomic E-state index is 12.9. The number of hydrogen-bond acceptors (Lipinski definition) is 2. The molecule has 0 heterocycles. The fourth-order valence-corrected chi connectivity index (χ4v) is 1.95. The first-order chi connectivity index (χ1) is 8.82. The number of Topliss-reactive ketones (excluding diaryl/α,β-unsaturated/α-hetero) is 1. The zero-order chi connectivity index (χ0) is 14.2. The molecule has 0 unspecified atom stereocenters. The van der Waals surface area contributed by atoms with Crippen LogP contribution in [0.5, 0.6) is 0 Å². The number of hydrogen-bond donors (Lipinski definition) is 1. The summed E-state index contributed by atoms with van der Waals surface area (Å²) < 4.78 is 38.6. The molecule has 2 N–H and O–H groups in total. The van der Waals surface area contributed by atoms with Crippen molar-refractivity contribution in [3.8, 4) is 0 Å². The van der Waals surface area contributed by atoms with Crippen LogP contribution in [0.3, 0.4) is 0 Å². The van der Waals surface area contributed by atoms with E-state index in [1.54, 1.807) is 0 Å². The zero-order valence-electron chi connectivity index (χ0n) is 10.4. The lowest BCUT2D eigenvalue weighted by Gasteiger charge is -2.14. The first-order valence-electron chi connectivity index (χ1n) is 5.99. The van der Waals surface area contributed by atoms with E-state index in [0.29, 0.717) is 0 Å². The van der Waals surface area contributed by atoms with Crippen LogP contribution in [-0.4, -0.2) is 5.78 Å². The third-order valence-electron chi connectivity index (χ3n) is 3.24. The van der Waals surface area contributed by atoms with E-state index in [0.717, 1.165) is 18.9 Å². The molecule has 2 rings (SSSR count). The highest BCUT2D eigenvalue weighted by molar-refractivity contribution is 6.04. The van der Waals surface area contributed by atoms with Crippen molar-refractivity contribution >= 4 is 11.5 Å². The third kappa shape index (κ3) is 2.80. The minimum Gasteiger partial charge on any atom is -0.398 e. The summed E-state index contributed by atoms with van der Waals surface area (Å²) in [7, 11) is 0. The van der Waals surface area contributed by atoms with E-state index in [1.165, 1.54) is 25.1 Å². The molecule has 0 spiro atoms. The molecule has 1 fully saturated rings. The van der Waals surface area contributed by atoms with E-state index >= 15 is 0 Å². The van der Waals surface area contributed by atoms with Crippen molar-refractivity contribution in [3.05, 3.63) is 41.0 Å². The van der Waals surface area contributed by atoms with E-state index in [2.05, 4.69) is 0 Å². The summed E-state index contributed by atoms with van der Waals surface area (Å²) in [6.07, 6.45) is -2.89. The summed E-state index contributed by atoms with van der Waals surface area (Å²) in [6, 6.07) is 5.04. The van der Waals surface area contributed by atoms with Gasteiger partial charge in [0.1, 0.15) is 0 Å². The van der Waals surface area contributed by atoms with Crippen LogP contribution in [0.15, 0.2) is 29.8 Å². The number of nitrogens with two attached hydrogens (primary N) is 1. The third-order valence-corrected chi connectivity index (χ3v) is 3.24. The summed E-state index contributed by atoms with van der Waals surface area (Å²) in [5.41, 5.74) is 4.97. The van der Waals surface area contributed by atoms with Crippen LogP contribution in [0.4, 0.5) is 13.2 Å². The first-order valence-corrected chi connectivity index (χ1v) is 5.99. The van der Waals surface area contributed by atoms with Crippen LogP contribution >= 0.6 is 0 Å². The van der Waals surface area contributed by atoms with Gasteiger partial charge in [0.2, 0.25) is 0 Å². The summed E-state index contributed by atoms with van der Waals surface area (Å²) in [5, 5.41) is 0. The van der Waals surface area contributed by atoms with Crippen molar-refractivity contribution in [2.24, 2.45) is 11.7 Å². The van der Waals surface area contributed by atoms with Crippen molar-refractivity contribution in [3.63, 3.8) is 0 Å². The van der Waals surface area contributed by atoms with Gasteiger partial charge in [-0.25, -0.2) is 0 Å². The smallest absolute Gasteiger partial charge is 0.398 e. The Balaban J connectivity index is 2.46. The van der Waals surface area contributed by atoms with Gasteiger partial charge in [-0.2, -0.15) is 13.2 Å². The van der Waals surface area contributed by atoms with E-state index < -0.39 is 11.7 Å². The van der Waals surface area contributed by atoms with Gasteiger partial charge in [-0.1, -0.05) is 18.2 Å². The van der Waals surface area contributed by atoms with Crippen LogP contribution in [-0.2, 0) is 11.0 Å². The van der Waals surface area contributed by atoms with Crippen LogP contribution < -0.4 is 5.73 Å². The number of ketones is 1. The SMILES string of the molecule is CC(C(=O)C1CC1)=C(N)c1ccccc1C(F)(F)F. The fourth-order valence-electron chi connectivity index (χ4n) is 1.95. The highest BCUT2D eigenvalue weighted by Crippen LogP contribution is 2.37. The Bertz CT molecular complexity index is 542.